The first-order valence-corrected chi connectivity index (χ1v) is 40.7. The number of nitrogens with zero attached hydrogens (tertiary/aromatic N) is 20. The molecule has 12 aromatic heterocycles. The fourth-order valence-corrected chi connectivity index (χ4v) is 13.2. The Balaban J connectivity index is 0.000000158. The zero-order valence-electron chi connectivity index (χ0n) is 86.4. The van der Waals surface area contributed by atoms with E-state index in [2.05, 4.69) is 92.2 Å². The Morgan fingerprint density at radius 2 is 0.656 bits per heavy atom. The lowest BCUT2D eigenvalue weighted by atomic mass is 9.92. The number of amides is 4. The van der Waals surface area contributed by atoms with Gasteiger partial charge in [-0.05, 0) is 22.3 Å². The van der Waals surface area contributed by atoms with Crippen LogP contribution in [0.25, 0.3) is 67.1 Å². The molecule has 0 aliphatic heterocycles. The summed E-state index contributed by atoms with van der Waals surface area (Å²) in [5.41, 5.74) is 32.0. The first kappa shape index (κ1) is 74.4. The number of nitrogens with one attached hydrogen (secondary N) is 4. The van der Waals surface area contributed by atoms with E-state index < -0.39 is 56.0 Å². The first-order chi connectivity index (χ1) is 65.8. The van der Waals surface area contributed by atoms with Crippen LogP contribution in [0.2, 0.25) is 0 Å². The molecule has 1 unspecified atom stereocenters. The number of rotatable bonds is 20. The lowest BCUT2D eigenvalue weighted by molar-refractivity contribution is -0.116. The highest BCUT2D eigenvalue weighted by atomic mass is 16.5. The van der Waals surface area contributed by atoms with Gasteiger partial charge in [-0.3, -0.25) is 24.5 Å². The maximum atomic E-state index is 12.6. The summed E-state index contributed by atoms with van der Waals surface area (Å²) in [6.45, 7) is 19.0. The van der Waals surface area contributed by atoms with Crippen LogP contribution in [0.15, 0.2) is 165 Å². The van der Waals surface area contributed by atoms with Gasteiger partial charge >= 0.3 is 0 Å². The molecule has 0 aliphatic carbocycles. The zero-order chi connectivity index (χ0) is 103. The van der Waals surface area contributed by atoms with Crippen LogP contribution >= 0.6 is 0 Å². The Bertz CT molecular complexity index is 7220. The molecule has 128 heavy (non-hydrogen) atoms. The number of fused-ring (bicyclic) bond motifs is 4. The topological polar surface area (TPSA) is 497 Å². The first-order valence-electron chi connectivity index (χ1n) is 47.2. The van der Waals surface area contributed by atoms with Gasteiger partial charge < -0.3 is 57.0 Å². The minimum atomic E-state index is -2.89. The number of anilines is 8. The monoisotopic (exact) mass is 1750 g/mol. The predicted octanol–water partition coefficient (Wildman–Crippen LogP) is 15.9. The molecule has 1 atom stereocenters. The number of benzene rings is 4. The van der Waals surface area contributed by atoms with Crippen LogP contribution in [0.1, 0.15) is 248 Å². The smallest absolute Gasteiger partial charge is 0.231 e. The summed E-state index contributed by atoms with van der Waals surface area (Å²) in [7, 11) is 0. The van der Waals surface area contributed by atoms with Crippen molar-refractivity contribution in [1.82, 2.24) is 99.0 Å². The van der Waals surface area contributed by atoms with Crippen molar-refractivity contribution in [1.29, 1.82) is 0 Å². The molecular weight excluding hydrogens is 1630 g/mol. The molecule has 16 rings (SSSR count). The van der Waals surface area contributed by atoms with Crippen LogP contribution in [0.3, 0.4) is 0 Å². The molecular formula is C92H108N28O8. The number of hydrogen-bond donors (Lipinski definition) is 8. The summed E-state index contributed by atoms with van der Waals surface area (Å²) < 4.78 is 128. The third-order valence-corrected chi connectivity index (χ3v) is 19.9. The van der Waals surface area contributed by atoms with Crippen molar-refractivity contribution in [2.75, 3.05) is 44.2 Å². The van der Waals surface area contributed by atoms with Crippen LogP contribution in [-0.4, -0.2) is 123 Å². The van der Waals surface area contributed by atoms with Crippen LogP contribution in [0, 0.1) is 0 Å². The third-order valence-electron chi connectivity index (χ3n) is 19.9. The molecule has 12 heterocycles. The number of carbonyl (C=O) groups is 4. The molecule has 16 aromatic rings. The molecule has 4 aromatic carbocycles. The van der Waals surface area contributed by atoms with E-state index >= 15 is 0 Å². The van der Waals surface area contributed by atoms with Gasteiger partial charge in [-0.2, -0.15) is 20.4 Å². The van der Waals surface area contributed by atoms with Crippen molar-refractivity contribution in [3.8, 4) is 45.0 Å². The van der Waals surface area contributed by atoms with Crippen molar-refractivity contribution in [3.63, 3.8) is 0 Å². The Labute approximate surface area is 757 Å². The van der Waals surface area contributed by atoms with Gasteiger partial charge in [-0.25, -0.2) is 57.9 Å². The predicted molar refractivity (Wildman–Crippen MR) is 489 cm³/mol. The maximum absolute atomic E-state index is 12.6. The van der Waals surface area contributed by atoms with Gasteiger partial charge in [-0.1, -0.05) is 256 Å². The van der Waals surface area contributed by atoms with Gasteiger partial charge in [0.15, 0.2) is 40.7 Å². The van der Waals surface area contributed by atoms with E-state index in [1.807, 2.05) is 130 Å². The quantitative estimate of drug-likeness (QED) is 0.0351. The summed E-state index contributed by atoms with van der Waals surface area (Å²) in [6, 6.07) is 35.2. The summed E-state index contributed by atoms with van der Waals surface area (Å²) in [5.74, 6) is 1.86. The van der Waals surface area contributed by atoms with Gasteiger partial charge in [0.05, 0.1) is 31.4 Å². The van der Waals surface area contributed by atoms with Crippen molar-refractivity contribution in [2.24, 2.45) is 0 Å². The summed E-state index contributed by atoms with van der Waals surface area (Å²) >= 11 is 0. The highest BCUT2D eigenvalue weighted by Gasteiger charge is 2.29. The standard InChI is InChI=1S/4C23H27N7O2/c3*1-13(2)22-28-19(20-21(24)25-12-26-30(20)22)15-8-6-14(7-9-15)10-18(31)27-17-11-16(32-29-17)23(3,4)5;1-13(2)22-28-19(20-21(24)25-12-26-30(20)22)15-8-6-14(7-9-15)10-17(31)27-18-11-16(29-32-18)23(3,4)5/h3*6-9,11-13H,10H2,1-5H3,(H2,24,25,26)(H,27,29,31);6-9,11-13H,10H2,1-5H3,(H,27,31)(H2,24,25,26)/i3D3,4D3;13D;3D3;1D3. The summed E-state index contributed by atoms with van der Waals surface area (Å²) in [4.78, 5) is 85.1. The fourth-order valence-electron chi connectivity index (χ4n) is 13.2. The van der Waals surface area contributed by atoms with Crippen molar-refractivity contribution in [3.05, 3.63) is 215 Å². The van der Waals surface area contributed by atoms with Crippen LogP contribution in [0.5, 0.6) is 0 Å². The number of hydrogen-bond acceptors (Lipinski definition) is 28. The molecule has 0 radical (unpaired) electrons. The van der Waals surface area contributed by atoms with Crippen LogP contribution < -0.4 is 44.2 Å². The molecule has 4 amide bonds. The fraction of sp³-hybridized carbons (Fsp3) is 0.348. The molecule has 664 valence electrons. The van der Waals surface area contributed by atoms with Gasteiger partial charge in [0.1, 0.15) is 111 Å². The molecule has 0 saturated carbocycles. The van der Waals surface area contributed by atoms with Gasteiger partial charge in [0, 0.05) is 110 Å². The Hall–Kier alpha value is -15.0. The molecule has 0 fully saturated rings. The van der Waals surface area contributed by atoms with E-state index in [0.717, 1.165) is 63.7 Å². The maximum Gasteiger partial charge on any atom is 0.231 e. The molecule has 12 N–H and O–H groups in total. The van der Waals surface area contributed by atoms with Crippen molar-refractivity contribution < 1.29 is 55.1 Å². The van der Waals surface area contributed by atoms with E-state index in [0.29, 0.717) is 90.9 Å². The Morgan fingerprint density at radius 3 is 0.938 bits per heavy atom. The molecule has 0 aliphatic rings. The van der Waals surface area contributed by atoms with Crippen LogP contribution in [-0.2, 0) is 66.5 Å². The average molecular weight is 1750 g/mol. The minimum Gasteiger partial charge on any atom is -0.382 e. The average Bonchev–Trinajstić information content (AvgIpc) is 1.74. The number of aromatic nitrogens is 20. The highest BCUT2D eigenvalue weighted by Crippen LogP contribution is 2.37. The van der Waals surface area contributed by atoms with Gasteiger partial charge in [0.2, 0.25) is 29.5 Å². The van der Waals surface area contributed by atoms with E-state index in [1.165, 1.54) is 35.9 Å². The molecule has 36 heteroatoms. The molecule has 0 spiro atoms. The van der Waals surface area contributed by atoms with E-state index in [-0.39, 0.29) is 107 Å². The van der Waals surface area contributed by atoms with Gasteiger partial charge in [-0.15, -0.1) is 0 Å². The molecule has 0 bridgehead atoms. The lowest BCUT2D eigenvalue weighted by Gasteiger charge is -2.12. The van der Waals surface area contributed by atoms with Crippen molar-refractivity contribution >= 4 is 92.3 Å². The summed E-state index contributed by atoms with van der Waals surface area (Å²) in [5, 5.41) is 43.0. The van der Waals surface area contributed by atoms with Crippen LogP contribution in [0.4, 0.5) is 46.6 Å². The number of carbonyl (C=O) groups excluding carboxylic acids is 4. The molecule has 36 nitrogen and oxygen atoms in total. The van der Waals surface area contributed by atoms with E-state index in [4.69, 9.17) is 68.8 Å². The highest BCUT2D eigenvalue weighted by molar-refractivity contribution is 5.95. The third kappa shape index (κ3) is 21.0. The largest absolute Gasteiger partial charge is 0.382 e. The van der Waals surface area contributed by atoms with Crippen molar-refractivity contribution in [2.45, 2.75) is 209 Å². The summed E-state index contributed by atoms with van der Waals surface area (Å²) in [6.07, 6.45) is 5.78. The normalized spacial score (nSPS) is 14.1. The lowest BCUT2D eigenvalue weighted by Crippen LogP contribution is -2.14. The minimum absolute atomic E-state index is 0.0231. The zero-order valence-corrected chi connectivity index (χ0v) is 73.4. The second-order valence-electron chi connectivity index (χ2n) is 34.1. The van der Waals surface area contributed by atoms with E-state index in [1.54, 1.807) is 96.7 Å². The number of nitrogens with two attached hydrogens (primary N) is 4. The SMILES string of the molecule is [2H]C(C)(C)c1nc(-c2ccc(CC(=O)Nc3cc(C(C)(C)C)on3)cc2)c2c(N)ncnn12.[2H]C([2H])([2H])C(C)(C)c1cc(NC(=O)Cc2ccc(-c3nc(C(C)C)n4ncnc(N)c34)cc2)no1.[2H]C([2H])([2H])C(C)(c1cc(NC(=O)Cc2ccc(-c3nc(C(C)C)n4ncnc(N)c34)cc2)no1)C([2H])([2H])[2H].[2H]C([2H])([2H])C(C)c1nc(-c2ccc(CC(=O)Nc3cc(C(C)(C)C)no3)cc2)c2c(N)ncnn12. The van der Waals surface area contributed by atoms with Gasteiger partial charge in [0.25, 0.3) is 0 Å². The Kier molecular flexibility index (Phi) is 21.5. The van der Waals surface area contributed by atoms with E-state index in [9.17, 15) is 19.2 Å². The number of nitrogen functional groups attached to an aromatic ring is 4. The second-order valence-corrected chi connectivity index (χ2v) is 34.1. The Morgan fingerprint density at radius 1 is 0.367 bits per heavy atom. The second kappa shape index (κ2) is 37.0. The molecule has 0 saturated heterocycles. The number of imidazole rings is 4.